The summed E-state index contributed by atoms with van der Waals surface area (Å²) in [4.78, 5) is 14.5. The number of amides is 2. The Kier molecular flexibility index (Phi) is 6.82. The van der Waals surface area contributed by atoms with Crippen molar-refractivity contribution in [1.29, 1.82) is 0 Å². The Morgan fingerprint density at radius 3 is 2.41 bits per heavy atom. The molecule has 1 N–H and O–H groups in total. The molecule has 0 aromatic heterocycles. The molecule has 0 aliphatic carbocycles. The fourth-order valence-electron chi connectivity index (χ4n) is 3.28. The molecule has 2 amide bonds. The highest BCUT2D eigenvalue weighted by Crippen LogP contribution is 2.22. The fraction of sp³-hybridized carbons (Fsp3) is 0.381. The van der Waals surface area contributed by atoms with Gasteiger partial charge in [0.1, 0.15) is 0 Å². The van der Waals surface area contributed by atoms with E-state index in [1.807, 2.05) is 12.1 Å². The first-order valence-corrected chi connectivity index (χ1v) is 11.5. The normalized spacial score (nSPS) is 15.9. The second-order valence-electron chi connectivity index (χ2n) is 7.41. The maximum atomic E-state index is 13.0. The van der Waals surface area contributed by atoms with Gasteiger partial charge in [-0.15, -0.1) is 0 Å². The quantitative estimate of drug-likeness (QED) is 0.774. The molecular weight excluding hydrogens is 410 g/mol. The summed E-state index contributed by atoms with van der Waals surface area (Å²) in [6, 6.07) is 13.7. The van der Waals surface area contributed by atoms with Gasteiger partial charge >= 0.3 is 6.03 Å². The molecule has 1 fully saturated rings. The second-order valence-corrected chi connectivity index (χ2v) is 9.78. The van der Waals surface area contributed by atoms with Gasteiger partial charge in [-0.3, -0.25) is 0 Å². The number of nitrogens with zero attached hydrogens (tertiary/aromatic N) is 2. The van der Waals surface area contributed by atoms with E-state index in [1.54, 1.807) is 41.3 Å². The third kappa shape index (κ3) is 5.29. The minimum atomic E-state index is -3.58. The molecule has 0 atom stereocenters. The number of anilines is 1. The van der Waals surface area contributed by atoms with E-state index in [1.165, 1.54) is 4.31 Å². The summed E-state index contributed by atoms with van der Waals surface area (Å²) in [5, 5.41) is 3.36. The summed E-state index contributed by atoms with van der Waals surface area (Å²) in [6.07, 6.45) is 0.576. The molecule has 0 spiro atoms. The number of benzene rings is 2. The molecule has 0 bridgehead atoms. The first-order valence-electron chi connectivity index (χ1n) is 9.69. The van der Waals surface area contributed by atoms with Crippen LogP contribution in [0.1, 0.15) is 31.7 Å². The summed E-state index contributed by atoms with van der Waals surface area (Å²) in [7, 11) is -3.58. The molecule has 3 rings (SSSR count). The SMILES string of the molecule is CC(C)c1ccc(S(=O)(=O)N2CCCN(C(=O)Nc3cccc(Cl)c3)CC2)cc1. The number of rotatable bonds is 4. The van der Waals surface area contributed by atoms with Crippen molar-refractivity contribution in [3.63, 3.8) is 0 Å². The maximum Gasteiger partial charge on any atom is 0.321 e. The van der Waals surface area contributed by atoms with Crippen molar-refractivity contribution in [2.75, 3.05) is 31.5 Å². The average Bonchev–Trinajstić information content (AvgIpc) is 2.95. The number of carbonyl (C=O) groups is 1. The van der Waals surface area contributed by atoms with Gasteiger partial charge in [0.15, 0.2) is 0 Å². The number of urea groups is 1. The molecule has 0 saturated carbocycles. The third-order valence-corrected chi connectivity index (χ3v) is 7.15. The smallest absolute Gasteiger partial charge is 0.321 e. The molecule has 1 aliphatic rings. The lowest BCUT2D eigenvalue weighted by Gasteiger charge is -2.22. The average molecular weight is 436 g/mol. The van der Waals surface area contributed by atoms with E-state index in [0.717, 1.165) is 5.56 Å². The second kappa shape index (κ2) is 9.15. The van der Waals surface area contributed by atoms with Gasteiger partial charge in [-0.2, -0.15) is 4.31 Å². The van der Waals surface area contributed by atoms with Crippen LogP contribution in [0.15, 0.2) is 53.4 Å². The molecule has 2 aromatic rings. The highest BCUT2D eigenvalue weighted by Gasteiger charge is 2.28. The van der Waals surface area contributed by atoms with E-state index in [4.69, 9.17) is 11.6 Å². The van der Waals surface area contributed by atoms with E-state index in [-0.39, 0.29) is 12.6 Å². The summed E-state index contributed by atoms with van der Waals surface area (Å²) >= 11 is 5.96. The molecular formula is C21H26ClN3O3S. The van der Waals surface area contributed by atoms with Gasteiger partial charge < -0.3 is 10.2 Å². The van der Waals surface area contributed by atoms with Crippen LogP contribution < -0.4 is 5.32 Å². The van der Waals surface area contributed by atoms with E-state index in [9.17, 15) is 13.2 Å². The first-order chi connectivity index (χ1) is 13.8. The Labute approximate surface area is 177 Å². The third-order valence-electron chi connectivity index (χ3n) is 5.00. The van der Waals surface area contributed by atoms with Crippen LogP contribution in [-0.2, 0) is 10.0 Å². The lowest BCUT2D eigenvalue weighted by atomic mass is 10.0. The van der Waals surface area contributed by atoms with Crippen molar-refractivity contribution in [2.24, 2.45) is 0 Å². The molecule has 1 heterocycles. The minimum absolute atomic E-state index is 0.257. The lowest BCUT2D eigenvalue weighted by molar-refractivity contribution is 0.214. The molecule has 0 radical (unpaired) electrons. The zero-order valence-electron chi connectivity index (χ0n) is 16.6. The van der Waals surface area contributed by atoms with Crippen LogP contribution >= 0.6 is 11.6 Å². The predicted octanol–water partition coefficient (Wildman–Crippen LogP) is 4.39. The molecule has 1 saturated heterocycles. The first kappa shape index (κ1) is 21.6. The van der Waals surface area contributed by atoms with E-state index >= 15 is 0 Å². The summed E-state index contributed by atoms with van der Waals surface area (Å²) < 4.78 is 27.5. The van der Waals surface area contributed by atoms with Crippen molar-refractivity contribution < 1.29 is 13.2 Å². The number of hydrogen-bond donors (Lipinski definition) is 1. The molecule has 156 valence electrons. The predicted molar refractivity (Wildman–Crippen MR) is 116 cm³/mol. The largest absolute Gasteiger partial charge is 0.323 e. The molecule has 8 heteroatoms. The zero-order valence-corrected chi connectivity index (χ0v) is 18.2. The summed E-state index contributed by atoms with van der Waals surface area (Å²) in [5.74, 6) is 0.344. The lowest BCUT2D eigenvalue weighted by Crippen LogP contribution is -2.39. The van der Waals surface area contributed by atoms with Crippen LogP contribution in [0.2, 0.25) is 5.02 Å². The van der Waals surface area contributed by atoms with Crippen molar-refractivity contribution >= 4 is 33.3 Å². The fourth-order valence-corrected chi connectivity index (χ4v) is 4.94. The summed E-state index contributed by atoms with van der Waals surface area (Å²) in [5.41, 5.74) is 1.71. The van der Waals surface area contributed by atoms with Crippen LogP contribution in [0, 0.1) is 0 Å². The van der Waals surface area contributed by atoms with E-state index < -0.39 is 10.0 Å². The Morgan fingerprint density at radius 2 is 1.76 bits per heavy atom. The van der Waals surface area contributed by atoms with Gasteiger partial charge in [-0.05, 0) is 48.2 Å². The van der Waals surface area contributed by atoms with Gasteiger partial charge in [0.25, 0.3) is 0 Å². The van der Waals surface area contributed by atoms with Crippen LogP contribution in [0.4, 0.5) is 10.5 Å². The van der Waals surface area contributed by atoms with Crippen LogP contribution in [0.5, 0.6) is 0 Å². The Balaban J connectivity index is 1.66. The number of nitrogens with one attached hydrogen (secondary N) is 1. The van der Waals surface area contributed by atoms with E-state index in [2.05, 4.69) is 19.2 Å². The van der Waals surface area contributed by atoms with Crippen LogP contribution in [0.25, 0.3) is 0 Å². The Morgan fingerprint density at radius 1 is 1.03 bits per heavy atom. The van der Waals surface area contributed by atoms with Crippen molar-refractivity contribution in [3.05, 3.63) is 59.1 Å². The van der Waals surface area contributed by atoms with E-state index in [0.29, 0.717) is 47.6 Å². The minimum Gasteiger partial charge on any atom is -0.323 e. The van der Waals surface area contributed by atoms with Crippen molar-refractivity contribution in [1.82, 2.24) is 9.21 Å². The molecule has 29 heavy (non-hydrogen) atoms. The van der Waals surface area contributed by atoms with Crippen LogP contribution in [-0.4, -0.2) is 49.8 Å². The molecule has 1 aliphatic heterocycles. The monoisotopic (exact) mass is 435 g/mol. The van der Waals surface area contributed by atoms with Gasteiger partial charge in [0.05, 0.1) is 4.90 Å². The molecule has 2 aromatic carbocycles. The standard InChI is InChI=1S/C21H26ClN3O3S/c1-16(2)17-7-9-20(10-8-17)29(27,28)25-12-4-11-24(13-14-25)21(26)23-19-6-3-5-18(22)15-19/h3,5-10,15-16H,4,11-14H2,1-2H3,(H,23,26). The number of halogens is 1. The molecule has 6 nitrogen and oxygen atoms in total. The topological polar surface area (TPSA) is 69.7 Å². The molecule has 0 unspecified atom stereocenters. The highest BCUT2D eigenvalue weighted by molar-refractivity contribution is 7.89. The van der Waals surface area contributed by atoms with Gasteiger partial charge in [-0.25, -0.2) is 13.2 Å². The number of sulfonamides is 1. The van der Waals surface area contributed by atoms with Gasteiger partial charge in [0.2, 0.25) is 10.0 Å². The van der Waals surface area contributed by atoms with Gasteiger partial charge in [-0.1, -0.05) is 43.6 Å². The number of hydrogen-bond acceptors (Lipinski definition) is 3. The summed E-state index contributed by atoms with van der Waals surface area (Å²) in [6.45, 7) is 5.61. The van der Waals surface area contributed by atoms with Crippen molar-refractivity contribution in [2.45, 2.75) is 31.1 Å². The van der Waals surface area contributed by atoms with Crippen molar-refractivity contribution in [3.8, 4) is 0 Å². The number of carbonyl (C=O) groups excluding carboxylic acids is 1. The highest BCUT2D eigenvalue weighted by atomic mass is 35.5. The Bertz CT molecular complexity index is 961. The van der Waals surface area contributed by atoms with Crippen LogP contribution in [0.3, 0.4) is 0 Å². The Hall–Kier alpha value is -2.09. The maximum absolute atomic E-state index is 13.0. The van der Waals surface area contributed by atoms with Gasteiger partial charge in [0, 0.05) is 36.9 Å². The zero-order chi connectivity index (χ0) is 21.0.